The third-order valence-electron chi connectivity index (χ3n) is 6.30. The van der Waals surface area contributed by atoms with Crippen LogP contribution in [0.4, 0.5) is 17.6 Å². The fourth-order valence-electron chi connectivity index (χ4n) is 4.47. The normalized spacial score (nSPS) is 18.4. The number of ether oxygens (including phenoxy) is 1. The van der Waals surface area contributed by atoms with Crippen LogP contribution in [-0.2, 0) is 0 Å². The summed E-state index contributed by atoms with van der Waals surface area (Å²) in [4.78, 5) is 0. The zero-order valence-corrected chi connectivity index (χ0v) is 17.6. The molecular weight excluding hydrogens is 416 g/mol. The first-order chi connectivity index (χ1) is 15.5. The van der Waals surface area contributed by atoms with E-state index in [0.717, 1.165) is 43.4 Å². The van der Waals surface area contributed by atoms with Gasteiger partial charge in [-0.15, -0.1) is 6.58 Å². The summed E-state index contributed by atoms with van der Waals surface area (Å²) in [6, 6.07) is 14.6. The van der Waals surface area contributed by atoms with Gasteiger partial charge in [0, 0.05) is 5.56 Å². The summed E-state index contributed by atoms with van der Waals surface area (Å²) in [5.74, 6) is -2.44. The molecule has 1 fully saturated rings. The van der Waals surface area contributed by atoms with Crippen molar-refractivity contribution in [2.45, 2.75) is 31.6 Å². The van der Waals surface area contributed by atoms with Crippen LogP contribution in [0.3, 0.4) is 0 Å². The van der Waals surface area contributed by atoms with Gasteiger partial charge in [0.1, 0.15) is 5.82 Å². The first-order valence-corrected chi connectivity index (χ1v) is 10.7. The maximum absolute atomic E-state index is 14.8. The van der Waals surface area contributed by atoms with Crippen molar-refractivity contribution in [3.8, 4) is 28.0 Å². The Kier molecular flexibility index (Phi) is 6.63. The van der Waals surface area contributed by atoms with Crippen molar-refractivity contribution >= 4 is 0 Å². The molecule has 0 saturated heterocycles. The Balaban J connectivity index is 1.54. The molecule has 1 nitrogen and oxygen atoms in total. The molecule has 4 rings (SSSR count). The van der Waals surface area contributed by atoms with E-state index in [-0.39, 0.29) is 11.1 Å². The summed E-state index contributed by atoms with van der Waals surface area (Å²) < 4.78 is 59.5. The number of hydrogen-bond donors (Lipinski definition) is 0. The predicted octanol–water partition coefficient (Wildman–Crippen LogP) is 8.20. The highest BCUT2D eigenvalue weighted by molar-refractivity contribution is 5.71. The highest BCUT2D eigenvalue weighted by atomic mass is 19.1. The Morgan fingerprint density at radius 1 is 0.781 bits per heavy atom. The lowest BCUT2D eigenvalue weighted by Crippen LogP contribution is -2.11. The predicted molar refractivity (Wildman–Crippen MR) is 119 cm³/mol. The second kappa shape index (κ2) is 9.60. The SMILES string of the molecule is C=CC1CCC(c2ccc(-c3ccc(-c4cc(F)c(OCF)c(F)c4)c(F)c3)cc2)CC1. The lowest BCUT2D eigenvalue weighted by molar-refractivity contribution is 0.176. The molecule has 32 heavy (non-hydrogen) atoms. The molecule has 0 atom stereocenters. The van der Waals surface area contributed by atoms with Crippen LogP contribution in [0.15, 0.2) is 67.3 Å². The molecule has 0 heterocycles. The molecule has 0 bridgehead atoms. The molecule has 0 amide bonds. The zero-order valence-electron chi connectivity index (χ0n) is 17.6. The molecule has 0 N–H and O–H groups in total. The van der Waals surface area contributed by atoms with E-state index in [2.05, 4.69) is 23.4 Å². The minimum Gasteiger partial charge on any atom is -0.457 e. The van der Waals surface area contributed by atoms with Gasteiger partial charge in [0.15, 0.2) is 17.4 Å². The van der Waals surface area contributed by atoms with Crippen LogP contribution in [-0.4, -0.2) is 6.86 Å². The average Bonchev–Trinajstić information content (AvgIpc) is 2.81. The van der Waals surface area contributed by atoms with Gasteiger partial charge in [-0.3, -0.25) is 0 Å². The fourth-order valence-corrected chi connectivity index (χ4v) is 4.47. The Morgan fingerprint density at radius 3 is 1.94 bits per heavy atom. The van der Waals surface area contributed by atoms with Crippen LogP contribution in [0.2, 0.25) is 0 Å². The van der Waals surface area contributed by atoms with Gasteiger partial charge in [-0.25, -0.2) is 17.6 Å². The number of benzene rings is 3. The van der Waals surface area contributed by atoms with E-state index in [1.807, 2.05) is 18.2 Å². The Labute approximate surface area is 185 Å². The van der Waals surface area contributed by atoms with Gasteiger partial charge in [-0.05, 0) is 78.0 Å². The third kappa shape index (κ3) is 4.57. The van der Waals surface area contributed by atoms with Gasteiger partial charge in [-0.1, -0.05) is 42.5 Å². The largest absolute Gasteiger partial charge is 0.457 e. The summed E-state index contributed by atoms with van der Waals surface area (Å²) in [6.45, 7) is 2.54. The van der Waals surface area contributed by atoms with Crippen molar-refractivity contribution in [3.05, 3.63) is 90.3 Å². The molecule has 5 heteroatoms. The van der Waals surface area contributed by atoms with Gasteiger partial charge in [-0.2, -0.15) is 0 Å². The second-order valence-corrected chi connectivity index (χ2v) is 8.19. The molecule has 0 aromatic heterocycles. The van der Waals surface area contributed by atoms with Crippen LogP contribution < -0.4 is 4.74 Å². The summed E-state index contributed by atoms with van der Waals surface area (Å²) in [5.41, 5.74) is 2.89. The van der Waals surface area contributed by atoms with E-state index in [0.29, 0.717) is 17.4 Å². The molecule has 1 aliphatic carbocycles. The monoisotopic (exact) mass is 440 g/mol. The summed E-state index contributed by atoms with van der Waals surface area (Å²) in [6.07, 6.45) is 6.64. The Bertz CT molecular complexity index is 1080. The minimum absolute atomic E-state index is 0.0146. The Morgan fingerprint density at radius 2 is 1.38 bits per heavy atom. The number of allylic oxidation sites excluding steroid dienone is 1. The number of rotatable bonds is 6. The van der Waals surface area contributed by atoms with Gasteiger partial charge < -0.3 is 4.74 Å². The van der Waals surface area contributed by atoms with E-state index >= 15 is 0 Å². The summed E-state index contributed by atoms with van der Waals surface area (Å²) in [7, 11) is 0. The smallest absolute Gasteiger partial charge is 0.228 e. The van der Waals surface area contributed by atoms with E-state index < -0.39 is 30.1 Å². The molecule has 0 unspecified atom stereocenters. The van der Waals surface area contributed by atoms with Crippen LogP contribution in [0.1, 0.15) is 37.2 Å². The molecule has 0 aliphatic heterocycles. The van der Waals surface area contributed by atoms with Crippen molar-refractivity contribution in [2.75, 3.05) is 6.86 Å². The summed E-state index contributed by atoms with van der Waals surface area (Å²) in [5, 5.41) is 0. The van der Waals surface area contributed by atoms with E-state index in [9.17, 15) is 17.6 Å². The van der Waals surface area contributed by atoms with Crippen LogP contribution >= 0.6 is 0 Å². The molecule has 3 aromatic rings. The van der Waals surface area contributed by atoms with E-state index in [1.54, 1.807) is 6.07 Å². The highest BCUT2D eigenvalue weighted by Gasteiger charge is 2.21. The lowest BCUT2D eigenvalue weighted by atomic mass is 9.78. The topological polar surface area (TPSA) is 9.23 Å². The van der Waals surface area contributed by atoms with Gasteiger partial charge in [0.2, 0.25) is 6.86 Å². The maximum atomic E-state index is 14.8. The molecule has 166 valence electrons. The standard InChI is InChI=1S/C27H24F4O/c1-2-17-3-5-18(6-4-17)19-7-9-20(10-8-19)21-11-12-23(24(29)13-21)22-14-25(30)27(32-16-28)26(31)15-22/h2,7-15,17-18H,1,3-6,16H2. The quantitative estimate of drug-likeness (QED) is 0.277. The van der Waals surface area contributed by atoms with Crippen LogP contribution in [0.25, 0.3) is 22.3 Å². The van der Waals surface area contributed by atoms with Crippen molar-refractivity contribution in [1.29, 1.82) is 0 Å². The van der Waals surface area contributed by atoms with Gasteiger partial charge in [0.25, 0.3) is 0 Å². The minimum atomic E-state index is -1.36. The molecule has 1 saturated carbocycles. The maximum Gasteiger partial charge on any atom is 0.228 e. The second-order valence-electron chi connectivity index (χ2n) is 8.19. The summed E-state index contributed by atoms with van der Waals surface area (Å²) >= 11 is 0. The zero-order chi connectivity index (χ0) is 22.7. The molecule has 0 radical (unpaired) electrons. The van der Waals surface area contributed by atoms with E-state index in [4.69, 9.17) is 0 Å². The van der Waals surface area contributed by atoms with Gasteiger partial charge >= 0.3 is 0 Å². The molecule has 0 spiro atoms. The third-order valence-corrected chi connectivity index (χ3v) is 6.30. The molecule has 1 aliphatic rings. The number of halogens is 4. The van der Waals surface area contributed by atoms with Crippen LogP contribution in [0.5, 0.6) is 5.75 Å². The first kappa shape index (κ1) is 22.1. The highest BCUT2D eigenvalue weighted by Crippen LogP contribution is 2.37. The Hall–Kier alpha value is -3.08. The van der Waals surface area contributed by atoms with Gasteiger partial charge in [0.05, 0.1) is 0 Å². The average molecular weight is 440 g/mol. The van der Waals surface area contributed by atoms with Crippen LogP contribution in [0, 0.1) is 23.4 Å². The molecule has 3 aromatic carbocycles. The van der Waals surface area contributed by atoms with Crippen molar-refractivity contribution in [3.63, 3.8) is 0 Å². The first-order valence-electron chi connectivity index (χ1n) is 10.7. The van der Waals surface area contributed by atoms with Crippen molar-refractivity contribution < 1.29 is 22.3 Å². The number of hydrogen-bond acceptors (Lipinski definition) is 1. The fraction of sp³-hybridized carbons (Fsp3) is 0.259. The van der Waals surface area contributed by atoms with Crippen molar-refractivity contribution in [1.82, 2.24) is 0 Å². The van der Waals surface area contributed by atoms with E-state index in [1.165, 1.54) is 17.7 Å². The molecular formula is C27H24F4O. The lowest BCUT2D eigenvalue weighted by Gasteiger charge is -2.27. The van der Waals surface area contributed by atoms with Crippen molar-refractivity contribution in [2.24, 2.45) is 5.92 Å². The number of alkyl halides is 1.